The monoisotopic (exact) mass is 317 g/mol. The van der Waals surface area contributed by atoms with E-state index in [2.05, 4.69) is 5.32 Å². The van der Waals surface area contributed by atoms with E-state index in [0.717, 1.165) is 6.07 Å². The fourth-order valence-corrected chi connectivity index (χ4v) is 3.53. The van der Waals surface area contributed by atoms with Gasteiger partial charge in [0.2, 0.25) is 5.91 Å². The van der Waals surface area contributed by atoms with Gasteiger partial charge in [-0.3, -0.25) is 9.59 Å². The van der Waals surface area contributed by atoms with Crippen LogP contribution < -0.4 is 5.32 Å². The van der Waals surface area contributed by atoms with Crippen LogP contribution in [0.2, 0.25) is 0 Å². The minimum Gasteiger partial charge on any atom is -0.507 e. The lowest BCUT2D eigenvalue weighted by atomic mass is 9.82. The van der Waals surface area contributed by atoms with Gasteiger partial charge < -0.3 is 20.6 Å². The molecule has 0 radical (unpaired) electrons. The van der Waals surface area contributed by atoms with E-state index in [-0.39, 0.29) is 23.1 Å². The first-order valence-corrected chi connectivity index (χ1v) is 7.17. The van der Waals surface area contributed by atoms with Gasteiger partial charge in [-0.05, 0) is 30.4 Å². The minimum atomic E-state index is -1.27. The predicted molar refractivity (Wildman–Crippen MR) is 79.0 cm³/mol. The number of carboxylic acid groups (broad SMARTS) is 2. The number of aromatic carboxylic acids is 1. The van der Waals surface area contributed by atoms with Crippen molar-refractivity contribution in [1.29, 1.82) is 0 Å². The van der Waals surface area contributed by atoms with E-state index < -0.39 is 35.4 Å². The molecular weight excluding hydrogens is 302 g/mol. The van der Waals surface area contributed by atoms with Crippen molar-refractivity contribution >= 4 is 23.5 Å². The Hall–Kier alpha value is -2.83. The van der Waals surface area contributed by atoms with Crippen LogP contribution in [0.5, 0.6) is 5.75 Å². The van der Waals surface area contributed by atoms with Crippen molar-refractivity contribution in [1.82, 2.24) is 0 Å². The Morgan fingerprint density at radius 1 is 1.04 bits per heavy atom. The number of allylic oxidation sites excluding steroid dienone is 2. The Kier molecular flexibility index (Phi) is 3.55. The highest BCUT2D eigenvalue weighted by atomic mass is 16.4. The zero-order valence-electron chi connectivity index (χ0n) is 12.0. The molecule has 1 aromatic rings. The van der Waals surface area contributed by atoms with Crippen LogP contribution >= 0.6 is 0 Å². The van der Waals surface area contributed by atoms with Gasteiger partial charge in [0.1, 0.15) is 11.3 Å². The topological polar surface area (TPSA) is 124 Å². The van der Waals surface area contributed by atoms with Crippen LogP contribution in [0.1, 0.15) is 16.8 Å². The van der Waals surface area contributed by atoms with Crippen LogP contribution in [0.4, 0.5) is 5.69 Å². The number of hydrogen-bond acceptors (Lipinski definition) is 4. The van der Waals surface area contributed by atoms with Gasteiger partial charge in [-0.15, -0.1) is 0 Å². The summed E-state index contributed by atoms with van der Waals surface area (Å²) in [6, 6.07) is 3.68. The maximum atomic E-state index is 12.4. The number of carboxylic acids is 2. The zero-order valence-corrected chi connectivity index (χ0v) is 12.0. The standard InChI is InChI=1S/C16H15NO6/c18-11-6-9(3-4-10(11)15(20)21)17-14(19)12-7-1-2-8(5-7)13(12)16(22)23/h1-4,6-8,12-13,18H,5H2,(H,17,19)(H,20,21)(H,22,23)/t7-,8-,12+,13+/m1/s1. The molecule has 0 spiro atoms. The van der Waals surface area contributed by atoms with Crippen LogP contribution in [0.15, 0.2) is 30.4 Å². The van der Waals surface area contributed by atoms with Crippen LogP contribution in [0, 0.1) is 23.7 Å². The van der Waals surface area contributed by atoms with Crippen molar-refractivity contribution in [3.05, 3.63) is 35.9 Å². The summed E-state index contributed by atoms with van der Waals surface area (Å²) in [5, 5.41) is 30.4. The highest BCUT2D eigenvalue weighted by molar-refractivity contribution is 5.97. The van der Waals surface area contributed by atoms with Gasteiger partial charge in [0.05, 0.1) is 11.8 Å². The number of nitrogens with one attached hydrogen (secondary N) is 1. The van der Waals surface area contributed by atoms with Gasteiger partial charge in [0, 0.05) is 11.8 Å². The molecule has 3 rings (SSSR count). The molecule has 0 aromatic heterocycles. The molecule has 0 saturated heterocycles. The van der Waals surface area contributed by atoms with E-state index in [1.807, 2.05) is 12.2 Å². The predicted octanol–water partition coefficient (Wildman–Crippen LogP) is 1.55. The number of aromatic hydroxyl groups is 1. The van der Waals surface area contributed by atoms with Gasteiger partial charge in [0.15, 0.2) is 0 Å². The molecule has 2 aliphatic carbocycles. The summed E-state index contributed by atoms with van der Waals surface area (Å²) in [5.74, 6) is -4.81. The number of phenols is 1. The zero-order chi connectivity index (χ0) is 16.7. The van der Waals surface area contributed by atoms with E-state index in [0.29, 0.717) is 6.42 Å². The molecule has 2 bridgehead atoms. The number of hydrogen-bond donors (Lipinski definition) is 4. The summed E-state index contributed by atoms with van der Waals surface area (Å²) < 4.78 is 0. The summed E-state index contributed by atoms with van der Waals surface area (Å²) in [5.41, 5.74) is -0.0392. The molecule has 1 aromatic carbocycles. The Morgan fingerprint density at radius 3 is 2.26 bits per heavy atom. The summed E-state index contributed by atoms with van der Waals surface area (Å²) in [4.78, 5) is 34.7. The Labute approximate surface area is 131 Å². The molecule has 0 heterocycles. The van der Waals surface area contributed by atoms with E-state index in [9.17, 15) is 24.6 Å². The molecule has 4 N–H and O–H groups in total. The fourth-order valence-electron chi connectivity index (χ4n) is 3.53. The number of carbonyl (C=O) groups is 3. The highest BCUT2D eigenvalue weighted by Crippen LogP contribution is 2.48. The first kappa shape index (κ1) is 15.1. The molecule has 0 unspecified atom stereocenters. The molecule has 4 atom stereocenters. The van der Waals surface area contributed by atoms with Crippen LogP contribution in [0.3, 0.4) is 0 Å². The molecule has 1 amide bonds. The van der Waals surface area contributed by atoms with Crippen molar-refractivity contribution < 1.29 is 29.7 Å². The normalized spacial score (nSPS) is 27.8. The van der Waals surface area contributed by atoms with Crippen LogP contribution in [0.25, 0.3) is 0 Å². The number of amides is 1. The van der Waals surface area contributed by atoms with Gasteiger partial charge in [-0.25, -0.2) is 4.79 Å². The number of anilines is 1. The number of rotatable bonds is 4. The quantitative estimate of drug-likeness (QED) is 0.625. The van der Waals surface area contributed by atoms with E-state index in [1.54, 1.807) is 0 Å². The van der Waals surface area contributed by atoms with Crippen molar-refractivity contribution in [2.75, 3.05) is 5.32 Å². The number of fused-ring (bicyclic) bond motifs is 2. The second kappa shape index (κ2) is 5.42. The maximum absolute atomic E-state index is 12.4. The average Bonchev–Trinajstić information content (AvgIpc) is 3.07. The van der Waals surface area contributed by atoms with Crippen molar-refractivity contribution in [3.63, 3.8) is 0 Å². The Morgan fingerprint density at radius 2 is 1.70 bits per heavy atom. The molecule has 2 aliphatic rings. The Bertz CT molecular complexity index is 725. The lowest BCUT2D eigenvalue weighted by Gasteiger charge is -2.23. The van der Waals surface area contributed by atoms with E-state index >= 15 is 0 Å². The van der Waals surface area contributed by atoms with Crippen LogP contribution in [-0.4, -0.2) is 33.2 Å². The molecule has 7 heteroatoms. The molecule has 1 saturated carbocycles. The molecular formula is C16H15NO6. The summed E-state index contributed by atoms with van der Waals surface area (Å²) in [7, 11) is 0. The maximum Gasteiger partial charge on any atom is 0.339 e. The van der Waals surface area contributed by atoms with Gasteiger partial charge in [0.25, 0.3) is 0 Å². The smallest absolute Gasteiger partial charge is 0.339 e. The first-order valence-electron chi connectivity index (χ1n) is 7.17. The molecule has 1 fully saturated rings. The molecule has 0 aliphatic heterocycles. The van der Waals surface area contributed by atoms with Crippen LogP contribution in [-0.2, 0) is 9.59 Å². The van der Waals surface area contributed by atoms with Gasteiger partial charge in [-0.2, -0.15) is 0 Å². The highest BCUT2D eigenvalue weighted by Gasteiger charge is 2.51. The SMILES string of the molecule is O=C(O)c1ccc(NC(=O)[C@@H]2[C@@H](C(=O)O)[C@@H]3C=C[C@@H]2C3)cc1O. The number of aliphatic carboxylic acids is 1. The molecule has 120 valence electrons. The third-order valence-corrected chi connectivity index (χ3v) is 4.54. The largest absolute Gasteiger partial charge is 0.507 e. The third-order valence-electron chi connectivity index (χ3n) is 4.54. The summed E-state index contributed by atoms with van der Waals surface area (Å²) >= 11 is 0. The van der Waals surface area contributed by atoms with Gasteiger partial charge in [-0.1, -0.05) is 12.2 Å². The van der Waals surface area contributed by atoms with E-state index in [4.69, 9.17) is 5.11 Å². The minimum absolute atomic E-state index is 0.104. The second-order valence-corrected chi connectivity index (χ2v) is 5.86. The summed E-state index contributed by atoms with van der Waals surface area (Å²) in [6.07, 6.45) is 4.37. The number of carbonyl (C=O) groups excluding carboxylic acids is 1. The number of benzene rings is 1. The average molecular weight is 317 g/mol. The van der Waals surface area contributed by atoms with Crippen molar-refractivity contribution in [3.8, 4) is 5.75 Å². The fraction of sp³-hybridized carbons (Fsp3) is 0.312. The molecule has 23 heavy (non-hydrogen) atoms. The lowest BCUT2D eigenvalue weighted by molar-refractivity contribution is -0.146. The second-order valence-electron chi connectivity index (χ2n) is 5.86. The summed E-state index contributed by atoms with van der Waals surface area (Å²) in [6.45, 7) is 0. The van der Waals surface area contributed by atoms with Crippen molar-refractivity contribution in [2.24, 2.45) is 23.7 Å². The third kappa shape index (κ3) is 2.54. The Balaban J connectivity index is 1.79. The molecule has 7 nitrogen and oxygen atoms in total. The van der Waals surface area contributed by atoms with E-state index in [1.165, 1.54) is 12.1 Å². The lowest BCUT2D eigenvalue weighted by Crippen LogP contribution is -2.36. The first-order chi connectivity index (χ1) is 10.9. The van der Waals surface area contributed by atoms with Gasteiger partial charge >= 0.3 is 11.9 Å². The van der Waals surface area contributed by atoms with Crippen molar-refractivity contribution in [2.45, 2.75) is 6.42 Å².